The van der Waals surface area contributed by atoms with E-state index in [0.29, 0.717) is 6.42 Å². The van der Waals surface area contributed by atoms with Gasteiger partial charge in [0.25, 0.3) is 0 Å². The van der Waals surface area contributed by atoms with Gasteiger partial charge in [0.1, 0.15) is 0 Å². The molecule has 1 aromatic heterocycles. The van der Waals surface area contributed by atoms with Crippen LogP contribution in [0.4, 0.5) is 0 Å². The summed E-state index contributed by atoms with van der Waals surface area (Å²) in [5.74, 6) is -2.33. The molecule has 24 heavy (non-hydrogen) atoms. The third-order valence-corrected chi connectivity index (χ3v) is 3.30. The summed E-state index contributed by atoms with van der Waals surface area (Å²) >= 11 is 0. The highest BCUT2D eigenvalue weighted by atomic mass is 35.5. The molecule has 1 N–H and O–H groups in total. The Kier molecular flexibility index (Phi) is 7.13. The Bertz CT molecular complexity index is 727. The van der Waals surface area contributed by atoms with Crippen LogP contribution in [0.25, 0.3) is 0 Å². The van der Waals surface area contributed by atoms with E-state index in [0.717, 1.165) is 23.6 Å². The number of ether oxygens (including phenoxy) is 1. The second kappa shape index (κ2) is 8.83. The van der Waals surface area contributed by atoms with E-state index >= 15 is 0 Å². The number of imidazole rings is 1. The normalized spacial score (nSPS) is 9.88. The lowest BCUT2D eigenvalue weighted by Crippen LogP contribution is -2.18. The van der Waals surface area contributed by atoms with Crippen LogP contribution in [0.1, 0.15) is 33.0 Å². The van der Waals surface area contributed by atoms with E-state index in [1.165, 1.54) is 0 Å². The molecule has 0 unspecified atom stereocenters. The molecule has 2 rings (SSSR count). The van der Waals surface area contributed by atoms with Crippen LogP contribution in [0.2, 0.25) is 0 Å². The lowest BCUT2D eigenvalue weighted by atomic mass is 10.1. The largest absolute Gasteiger partial charge is 0.476 e. The fourth-order valence-electron chi connectivity index (χ4n) is 2.17. The number of aromatic carboxylic acids is 1. The standard InChI is InChI=1S/C16H16N2O5.ClH/c1-23-16(22)13-14(15(20)21)18(10-17-13)9-12(19)8-7-11-5-3-2-4-6-11;/h2-6,10H,7-9H2,1H3,(H,20,21);1H. The van der Waals surface area contributed by atoms with Gasteiger partial charge in [-0.3, -0.25) is 4.79 Å². The molecule has 0 fully saturated rings. The number of methoxy groups -OCH3 is 1. The maximum absolute atomic E-state index is 12.1. The number of esters is 1. The number of hydrogen-bond acceptors (Lipinski definition) is 5. The van der Waals surface area contributed by atoms with Gasteiger partial charge in [-0.1, -0.05) is 30.3 Å². The average Bonchev–Trinajstić information content (AvgIpc) is 2.97. The molecule has 0 aliphatic rings. The van der Waals surface area contributed by atoms with Crippen LogP contribution >= 0.6 is 12.4 Å². The summed E-state index contributed by atoms with van der Waals surface area (Å²) in [5, 5.41) is 9.22. The van der Waals surface area contributed by atoms with Crippen LogP contribution in [0.15, 0.2) is 36.7 Å². The molecule has 1 heterocycles. The predicted octanol–water partition coefficient (Wildman–Crippen LogP) is 1.99. The molecule has 128 valence electrons. The zero-order chi connectivity index (χ0) is 16.8. The minimum absolute atomic E-state index is 0. The summed E-state index contributed by atoms with van der Waals surface area (Å²) in [7, 11) is 1.14. The number of carbonyl (C=O) groups is 3. The molecule has 0 radical (unpaired) electrons. The molecule has 7 nitrogen and oxygen atoms in total. The molecule has 1 aromatic carbocycles. The van der Waals surface area contributed by atoms with E-state index in [4.69, 9.17) is 0 Å². The Hall–Kier alpha value is -2.67. The first-order chi connectivity index (χ1) is 11.0. The van der Waals surface area contributed by atoms with Gasteiger partial charge in [0.15, 0.2) is 17.2 Å². The van der Waals surface area contributed by atoms with Crippen molar-refractivity contribution in [2.45, 2.75) is 19.4 Å². The minimum atomic E-state index is -1.33. The Morgan fingerprint density at radius 1 is 1.21 bits per heavy atom. The van der Waals surface area contributed by atoms with Gasteiger partial charge in [0.2, 0.25) is 0 Å². The Balaban J connectivity index is 0.00000288. The van der Waals surface area contributed by atoms with Crippen LogP contribution in [0.5, 0.6) is 0 Å². The highest BCUT2D eigenvalue weighted by Gasteiger charge is 2.24. The molecule has 0 atom stereocenters. The summed E-state index contributed by atoms with van der Waals surface area (Å²) < 4.78 is 5.64. The zero-order valence-corrected chi connectivity index (χ0v) is 13.8. The van der Waals surface area contributed by atoms with E-state index in [1.54, 1.807) is 0 Å². The number of hydrogen-bond donors (Lipinski definition) is 1. The van der Waals surface area contributed by atoms with Crippen LogP contribution in [0.3, 0.4) is 0 Å². The Labute approximate surface area is 144 Å². The maximum atomic E-state index is 12.1. The number of carboxylic acid groups (broad SMARTS) is 1. The number of benzene rings is 1. The van der Waals surface area contributed by atoms with Gasteiger partial charge in [0.05, 0.1) is 20.0 Å². The molecular weight excluding hydrogens is 336 g/mol. The summed E-state index contributed by atoms with van der Waals surface area (Å²) in [6.07, 6.45) is 2.01. The van der Waals surface area contributed by atoms with Gasteiger partial charge in [-0.05, 0) is 12.0 Å². The van der Waals surface area contributed by atoms with Gasteiger partial charge in [-0.15, -0.1) is 12.4 Å². The molecule has 0 spiro atoms. The predicted molar refractivity (Wildman–Crippen MR) is 87.5 cm³/mol. The lowest BCUT2D eigenvalue weighted by molar-refractivity contribution is -0.119. The molecule has 8 heteroatoms. The highest BCUT2D eigenvalue weighted by molar-refractivity contribution is 6.00. The van der Waals surface area contributed by atoms with Crippen molar-refractivity contribution in [2.75, 3.05) is 7.11 Å². The molecule has 0 aliphatic carbocycles. The fraction of sp³-hybridized carbons (Fsp3) is 0.250. The first kappa shape index (κ1) is 19.4. The van der Waals surface area contributed by atoms with Gasteiger partial charge < -0.3 is 14.4 Å². The molecule has 0 amide bonds. The van der Waals surface area contributed by atoms with E-state index < -0.39 is 11.9 Å². The lowest BCUT2D eigenvalue weighted by Gasteiger charge is -2.06. The highest BCUT2D eigenvalue weighted by Crippen LogP contribution is 2.11. The number of carboxylic acids is 1. The fourth-order valence-corrected chi connectivity index (χ4v) is 2.17. The summed E-state index contributed by atoms with van der Waals surface area (Å²) in [4.78, 5) is 38.6. The van der Waals surface area contributed by atoms with E-state index in [2.05, 4.69) is 9.72 Å². The van der Waals surface area contributed by atoms with Gasteiger partial charge >= 0.3 is 11.9 Å². The second-order valence-corrected chi connectivity index (χ2v) is 4.89. The average molecular weight is 353 g/mol. The SMILES string of the molecule is COC(=O)c1ncn(CC(=O)CCc2ccccc2)c1C(=O)O.Cl. The number of nitrogens with zero attached hydrogens (tertiary/aromatic N) is 2. The van der Waals surface area contributed by atoms with Crippen LogP contribution in [-0.2, 0) is 22.5 Å². The monoisotopic (exact) mass is 352 g/mol. The number of ketones is 1. The van der Waals surface area contributed by atoms with Gasteiger partial charge in [-0.25, -0.2) is 14.6 Å². The summed E-state index contributed by atoms with van der Waals surface area (Å²) in [6, 6.07) is 9.51. The van der Waals surface area contributed by atoms with Gasteiger partial charge in [-0.2, -0.15) is 0 Å². The number of halogens is 1. The van der Waals surface area contributed by atoms with Gasteiger partial charge in [0, 0.05) is 6.42 Å². The first-order valence-corrected chi connectivity index (χ1v) is 6.95. The van der Waals surface area contributed by atoms with Crippen molar-refractivity contribution >= 4 is 30.1 Å². The van der Waals surface area contributed by atoms with E-state index in [1.807, 2.05) is 30.3 Å². The topological polar surface area (TPSA) is 98.5 Å². The molecule has 0 saturated heterocycles. The van der Waals surface area contributed by atoms with E-state index in [9.17, 15) is 19.5 Å². The quantitative estimate of drug-likeness (QED) is 0.765. The first-order valence-electron chi connectivity index (χ1n) is 6.95. The number of aromatic nitrogens is 2. The number of Topliss-reactive ketones (excluding diaryl/α,β-unsaturated/α-hetero) is 1. The third kappa shape index (κ3) is 4.66. The van der Waals surface area contributed by atoms with Crippen LogP contribution in [0, 0.1) is 0 Å². The number of aryl methyl sites for hydroxylation is 1. The zero-order valence-electron chi connectivity index (χ0n) is 13.0. The van der Waals surface area contributed by atoms with Crippen molar-refractivity contribution in [2.24, 2.45) is 0 Å². The Morgan fingerprint density at radius 3 is 2.46 bits per heavy atom. The maximum Gasteiger partial charge on any atom is 0.359 e. The molecule has 0 saturated carbocycles. The van der Waals surface area contributed by atoms with Crippen molar-refractivity contribution in [3.05, 3.63) is 53.6 Å². The molecular formula is C16H17ClN2O5. The third-order valence-electron chi connectivity index (χ3n) is 3.30. The van der Waals surface area contributed by atoms with Crippen molar-refractivity contribution in [1.82, 2.24) is 9.55 Å². The summed E-state index contributed by atoms with van der Waals surface area (Å²) in [5.41, 5.74) is 0.376. The smallest absolute Gasteiger partial charge is 0.359 e. The molecule has 0 aliphatic heterocycles. The molecule has 2 aromatic rings. The van der Waals surface area contributed by atoms with Crippen LogP contribution in [-0.4, -0.2) is 39.5 Å². The number of rotatable bonds is 7. The second-order valence-electron chi connectivity index (χ2n) is 4.89. The van der Waals surface area contributed by atoms with E-state index in [-0.39, 0.29) is 42.5 Å². The van der Waals surface area contributed by atoms with Crippen molar-refractivity contribution in [3.8, 4) is 0 Å². The molecule has 0 bridgehead atoms. The number of carbonyl (C=O) groups excluding carboxylic acids is 2. The van der Waals surface area contributed by atoms with Crippen molar-refractivity contribution in [3.63, 3.8) is 0 Å². The van der Waals surface area contributed by atoms with Crippen molar-refractivity contribution < 1.29 is 24.2 Å². The minimum Gasteiger partial charge on any atom is -0.476 e. The van der Waals surface area contributed by atoms with Crippen LogP contribution < -0.4 is 0 Å². The Morgan fingerprint density at radius 2 is 1.88 bits per heavy atom. The summed E-state index contributed by atoms with van der Waals surface area (Å²) in [6.45, 7) is -0.154. The van der Waals surface area contributed by atoms with Crippen molar-refractivity contribution in [1.29, 1.82) is 0 Å².